The Kier molecular flexibility index (Phi) is 9.85. The number of allylic oxidation sites excluding steroid dienone is 1. The molecule has 6 rings (SSSR count). The van der Waals surface area contributed by atoms with E-state index in [1.54, 1.807) is 12.1 Å². The van der Waals surface area contributed by atoms with Crippen LogP contribution in [0.1, 0.15) is 45.3 Å². The molecule has 49 heavy (non-hydrogen) atoms. The summed E-state index contributed by atoms with van der Waals surface area (Å²) in [5.41, 5.74) is 1.81. The number of fused-ring (bicyclic) bond motifs is 3. The Labute approximate surface area is 300 Å². The predicted molar refractivity (Wildman–Crippen MR) is 194 cm³/mol. The van der Waals surface area contributed by atoms with Crippen LogP contribution in [-0.4, -0.2) is 69.2 Å². The van der Waals surface area contributed by atoms with Gasteiger partial charge in [-0.15, -0.1) is 0 Å². The monoisotopic (exact) mass is 795 g/mol. The van der Waals surface area contributed by atoms with Crippen LogP contribution in [0.3, 0.4) is 0 Å². The molecule has 3 aromatic carbocycles. The maximum atomic E-state index is 13.9. The van der Waals surface area contributed by atoms with Crippen molar-refractivity contribution in [1.29, 1.82) is 0 Å². The van der Waals surface area contributed by atoms with Crippen LogP contribution in [0.4, 0.5) is 4.79 Å². The van der Waals surface area contributed by atoms with Crippen LogP contribution in [0, 0.1) is 21.3 Å². The summed E-state index contributed by atoms with van der Waals surface area (Å²) in [5.74, 6) is -3.45. The van der Waals surface area contributed by atoms with Gasteiger partial charge in [0.25, 0.3) is 8.32 Å². The van der Waals surface area contributed by atoms with Gasteiger partial charge in [0.2, 0.25) is 11.8 Å². The van der Waals surface area contributed by atoms with E-state index in [1.807, 2.05) is 59.0 Å². The molecule has 10 nitrogen and oxygen atoms in total. The number of benzene rings is 3. The molecule has 0 unspecified atom stereocenters. The average molecular weight is 796 g/mol. The summed E-state index contributed by atoms with van der Waals surface area (Å²) in [5, 5.41) is 24.0. The molecule has 2 N–H and O–H groups in total. The highest BCUT2D eigenvalue weighted by Crippen LogP contribution is 2.52. The second-order valence-electron chi connectivity index (χ2n) is 13.7. The van der Waals surface area contributed by atoms with Gasteiger partial charge in [0.1, 0.15) is 0 Å². The Morgan fingerprint density at radius 3 is 2.16 bits per heavy atom. The average Bonchev–Trinajstić information content (AvgIpc) is 3.34. The van der Waals surface area contributed by atoms with Crippen LogP contribution in [0.25, 0.3) is 0 Å². The minimum atomic E-state index is -3.03. The molecule has 1 aliphatic carbocycles. The van der Waals surface area contributed by atoms with Gasteiger partial charge in [0, 0.05) is 0 Å². The number of ether oxygens (including phenoxy) is 2. The molecule has 3 aliphatic rings. The van der Waals surface area contributed by atoms with E-state index in [0.29, 0.717) is 25.1 Å². The van der Waals surface area contributed by atoms with Gasteiger partial charge in [-0.25, -0.2) is 4.79 Å². The molecule has 13 heteroatoms. The molecule has 0 radical (unpaired) electrons. The predicted octanol–water partition coefficient (Wildman–Crippen LogP) is 4.75. The van der Waals surface area contributed by atoms with Crippen LogP contribution < -0.4 is 15.1 Å². The summed E-state index contributed by atoms with van der Waals surface area (Å²) >= 11 is 1.99. The van der Waals surface area contributed by atoms with Crippen molar-refractivity contribution in [2.45, 2.75) is 44.8 Å². The van der Waals surface area contributed by atoms with Crippen molar-refractivity contribution in [1.82, 2.24) is 4.90 Å². The molecular formula is C36H39BINO9Si. The second kappa shape index (κ2) is 13.7. The summed E-state index contributed by atoms with van der Waals surface area (Å²) in [6.07, 6.45) is -1.39. The van der Waals surface area contributed by atoms with Crippen LogP contribution in [0.15, 0.2) is 83.8 Å². The van der Waals surface area contributed by atoms with Crippen molar-refractivity contribution in [2.24, 2.45) is 17.8 Å². The number of rotatable bonds is 7. The Hall–Kier alpha value is -3.50. The van der Waals surface area contributed by atoms with E-state index in [9.17, 15) is 24.5 Å². The van der Waals surface area contributed by atoms with Gasteiger partial charge < -0.3 is 28.7 Å². The van der Waals surface area contributed by atoms with Crippen molar-refractivity contribution >= 4 is 66.3 Å². The lowest BCUT2D eigenvalue weighted by molar-refractivity contribution is -0.137. The number of phenols is 1. The van der Waals surface area contributed by atoms with Crippen molar-refractivity contribution < 1.29 is 43.1 Å². The van der Waals surface area contributed by atoms with Gasteiger partial charge in [-0.1, -0.05) is 81.4 Å². The highest BCUT2D eigenvalue weighted by molar-refractivity contribution is 14.1. The molecule has 2 heterocycles. The fraction of sp³-hybridized carbons (Fsp3) is 0.361. The molecule has 0 aromatic heterocycles. The molecular weight excluding hydrogens is 756 g/mol. The van der Waals surface area contributed by atoms with Crippen LogP contribution in [0.2, 0.25) is 5.04 Å². The van der Waals surface area contributed by atoms with Crippen molar-refractivity contribution in [2.75, 3.05) is 20.8 Å². The Morgan fingerprint density at radius 1 is 1.00 bits per heavy atom. The largest absolute Gasteiger partial charge is 0.504 e. The maximum absolute atomic E-state index is 13.9. The highest BCUT2D eigenvalue weighted by atomic mass is 127. The summed E-state index contributed by atoms with van der Waals surface area (Å²) < 4.78 is 24.2. The Balaban J connectivity index is 1.46. The standard InChI is InChI=1S/C36H39BINO9Si/c1-36(2,3)49(23-12-8-6-9-13-23,24-14-10-7-11-15-24)47-20-22-16-26-30(34(42)39(33(26)41)35(43)46-5)25-19-28(48-37(44)31(22)25)21-17-27(38)32(40)29(18-21)45-4/h6-15,17-18,25-26,28,30,40,44H,16,19-20H2,1-5H3/t25-,26-,28-,30+/m0/s1. The minimum absolute atomic E-state index is 0.0189. The first kappa shape index (κ1) is 35.3. The summed E-state index contributed by atoms with van der Waals surface area (Å²) in [4.78, 5) is 41.0. The number of halogens is 1. The summed E-state index contributed by atoms with van der Waals surface area (Å²) in [7, 11) is -1.88. The van der Waals surface area contributed by atoms with E-state index in [-0.39, 0.29) is 36.0 Å². The molecule has 2 saturated heterocycles. The second-order valence-corrected chi connectivity index (χ2v) is 19.2. The number of likely N-dealkylation sites (tertiary alicyclic amines) is 1. The zero-order valence-electron chi connectivity index (χ0n) is 28.0. The number of imide groups is 3. The Bertz CT molecular complexity index is 1760. The molecule has 2 fully saturated rings. The molecule has 3 aromatic rings. The smallest absolute Gasteiger partial charge is 0.487 e. The minimum Gasteiger partial charge on any atom is -0.504 e. The van der Waals surface area contributed by atoms with Gasteiger partial charge in [0.15, 0.2) is 11.5 Å². The fourth-order valence-electron chi connectivity index (χ4n) is 7.92. The number of hydrogen-bond donors (Lipinski definition) is 2. The maximum Gasteiger partial charge on any atom is 0.487 e. The highest BCUT2D eigenvalue weighted by Gasteiger charge is 2.60. The van der Waals surface area contributed by atoms with Gasteiger partial charge in [-0.2, -0.15) is 4.90 Å². The van der Waals surface area contributed by atoms with Gasteiger partial charge in [-0.05, 0) is 85.5 Å². The number of methoxy groups -OCH3 is 2. The van der Waals surface area contributed by atoms with Crippen LogP contribution >= 0.6 is 22.6 Å². The zero-order valence-corrected chi connectivity index (χ0v) is 31.2. The van der Waals surface area contributed by atoms with Gasteiger partial charge in [-0.3, -0.25) is 9.59 Å². The number of nitrogens with zero attached hydrogens (tertiary/aromatic N) is 1. The van der Waals surface area contributed by atoms with Crippen molar-refractivity contribution in [3.05, 3.63) is 93.0 Å². The van der Waals surface area contributed by atoms with Gasteiger partial charge >= 0.3 is 13.2 Å². The number of phenolic OH excluding ortho intramolecular Hbond substituents is 1. The lowest BCUT2D eigenvalue weighted by Crippen LogP contribution is -2.66. The first-order chi connectivity index (χ1) is 23.3. The van der Waals surface area contributed by atoms with E-state index < -0.39 is 57.2 Å². The molecule has 0 bridgehead atoms. The van der Waals surface area contributed by atoms with Crippen molar-refractivity contribution in [3.8, 4) is 11.5 Å². The quantitative estimate of drug-likeness (QED) is 0.198. The SMILES string of the molecule is COC(=O)N1C(=O)[C@H]2[C@H](CC(CO[Si](c3ccccc3)(c3ccccc3)C(C)(C)C)=C3B(O)O[C@H](c4cc(I)c(O)c(OC)c4)C[C@H]32)C1=O. The molecule has 2 aliphatic heterocycles. The number of amides is 3. The van der Waals surface area contributed by atoms with Gasteiger partial charge in [0.05, 0.1) is 42.3 Å². The topological polar surface area (TPSA) is 132 Å². The molecule has 4 atom stereocenters. The third-order valence-corrected chi connectivity index (χ3v) is 15.9. The summed E-state index contributed by atoms with van der Waals surface area (Å²) in [6, 6.07) is 23.7. The molecule has 256 valence electrons. The number of carbonyl (C=O) groups is 3. The third-order valence-electron chi connectivity index (χ3n) is 10.1. The lowest BCUT2D eigenvalue weighted by Gasteiger charge is -2.45. The van der Waals surface area contributed by atoms with Crippen LogP contribution in [-0.2, 0) is 23.4 Å². The van der Waals surface area contributed by atoms with E-state index in [2.05, 4.69) is 45.0 Å². The lowest BCUT2D eigenvalue weighted by atomic mass is 9.55. The first-order valence-electron chi connectivity index (χ1n) is 16.2. The summed E-state index contributed by atoms with van der Waals surface area (Å²) in [6.45, 7) is 6.58. The first-order valence-corrected chi connectivity index (χ1v) is 19.1. The number of aromatic hydroxyl groups is 1. The molecule has 0 saturated carbocycles. The Morgan fingerprint density at radius 2 is 1.61 bits per heavy atom. The zero-order chi connectivity index (χ0) is 35.2. The van der Waals surface area contributed by atoms with E-state index in [4.69, 9.17) is 18.6 Å². The van der Waals surface area contributed by atoms with E-state index in [0.717, 1.165) is 17.5 Å². The van der Waals surface area contributed by atoms with E-state index >= 15 is 0 Å². The fourth-order valence-corrected chi connectivity index (χ4v) is 13.1. The normalized spacial score (nSPS) is 22.6. The van der Waals surface area contributed by atoms with Crippen LogP contribution in [0.5, 0.6) is 11.5 Å². The number of carbonyl (C=O) groups excluding carboxylic acids is 3. The van der Waals surface area contributed by atoms with Crippen molar-refractivity contribution in [3.63, 3.8) is 0 Å². The third kappa shape index (κ3) is 6.03. The molecule has 0 spiro atoms. The number of hydrogen-bond acceptors (Lipinski definition) is 9. The van der Waals surface area contributed by atoms with E-state index in [1.165, 1.54) is 7.11 Å². The molecule has 3 amide bonds.